The van der Waals surface area contributed by atoms with Gasteiger partial charge in [0.1, 0.15) is 11.6 Å². The molecule has 1 aromatic heterocycles. The zero-order valence-electron chi connectivity index (χ0n) is 12.3. The van der Waals surface area contributed by atoms with Crippen LogP contribution in [0.5, 0.6) is 5.75 Å². The minimum absolute atomic E-state index is 0.213. The van der Waals surface area contributed by atoms with Crippen LogP contribution in [0.2, 0.25) is 0 Å². The van der Waals surface area contributed by atoms with Gasteiger partial charge in [-0.05, 0) is 29.9 Å². The molecule has 1 unspecified atom stereocenters. The van der Waals surface area contributed by atoms with Crippen LogP contribution in [-0.2, 0) is 5.75 Å². The molecule has 21 heavy (non-hydrogen) atoms. The Morgan fingerprint density at radius 3 is 2.90 bits per heavy atom. The first-order chi connectivity index (χ1) is 10.2. The maximum Gasteiger partial charge on any atom is 0.144 e. The Bertz CT molecular complexity index is 607. The van der Waals surface area contributed by atoms with Gasteiger partial charge < -0.3 is 15.3 Å². The number of thioether (sulfide) groups is 1. The first-order valence-electron chi connectivity index (χ1n) is 6.80. The van der Waals surface area contributed by atoms with Gasteiger partial charge in [-0.2, -0.15) is 11.8 Å². The summed E-state index contributed by atoms with van der Waals surface area (Å²) in [7, 11) is 1.64. The number of fused-ring (bicyclic) bond motifs is 1. The van der Waals surface area contributed by atoms with Crippen molar-refractivity contribution in [3.8, 4) is 5.75 Å². The average Bonchev–Trinajstić information content (AvgIpc) is 2.53. The lowest BCUT2D eigenvalue weighted by molar-refractivity contribution is 0.250. The summed E-state index contributed by atoms with van der Waals surface area (Å²) in [4.78, 5) is 4.54. The van der Waals surface area contributed by atoms with Gasteiger partial charge in [-0.3, -0.25) is 0 Å². The molecular formula is C15H21N3O2S. The van der Waals surface area contributed by atoms with Crippen molar-refractivity contribution in [2.24, 2.45) is 11.8 Å². The molecule has 0 aliphatic heterocycles. The second-order valence-electron chi connectivity index (χ2n) is 5.00. The molecule has 6 heteroatoms. The molecular weight excluding hydrogens is 286 g/mol. The highest BCUT2D eigenvalue weighted by atomic mass is 32.2. The SMILES string of the molecule is COc1ccc2cc(CSCC(C)CO)c(NN)nc2c1. The van der Waals surface area contributed by atoms with Crippen LogP contribution in [0.1, 0.15) is 12.5 Å². The number of methoxy groups -OCH3 is 1. The number of nitrogen functional groups attached to an aromatic ring is 1. The predicted octanol–water partition coefficient (Wildman–Crippen LogP) is 2.39. The third-order valence-corrected chi connectivity index (χ3v) is 4.53. The fraction of sp³-hybridized carbons (Fsp3) is 0.400. The molecule has 0 radical (unpaired) electrons. The highest BCUT2D eigenvalue weighted by molar-refractivity contribution is 7.98. The smallest absolute Gasteiger partial charge is 0.144 e. The van der Waals surface area contributed by atoms with Gasteiger partial charge in [-0.15, -0.1) is 0 Å². The summed E-state index contributed by atoms with van der Waals surface area (Å²) in [6.45, 7) is 2.24. The van der Waals surface area contributed by atoms with Crippen molar-refractivity contribution in [2.45, 2.75) is 12.7 Å². The molecule has 2 rings (SSSR count). The highest BCUT2D eigenvalue weighted by Gasteiger charge is 2.08. The van der Waals surface area contributed by atoms with E-state index >= 15 is 0 Å². The number of nitrogens with one attached hydrogen (secondary N) is 1. The lowest BCUT2D eigenvalue weighted by Crippen LogP contribution is -2.11. The Balaban J connectivity index is 2.22. The third kappa shape index (κ3) is 4.00. The fourth-order valence-electron chi connectivity index (χ4n) is 1.98. The summed E-state index contributed by atoms with van der Waals surface area (Å²) in [5, 5.41) is 10.1. The van der Waals surface area contributed by atoms with Gasteiger partial charge in [0.25, 0.3) is 0 Å². The van der Waals surface area contributed by atoms with Crippen LogP contribution in [-0.4, -0.2) is 29.6 Å². The van der Waals surface area contributed by atoms with Crippen molar-refractivity contribution in [3.63, 3.8) is 0 Å². The van der Waals surface area contributed by atoms with Gasteiger partial charge in [0.05, 0.1) is 12.6 Å². The molecule has 0 amide bonds. The van der Waals surface area contributed by atoms with Gasteiger partial charge in [-0.1, -0.05) is 6.92 Å². The number of pyridine rings is 1. The first kappa shape index (κ1) is 15.9. The van der Waals surface area contributed by atoms with Crippen LogP contribution in [0, 0.1) is 5.92 Å². The molecule has 0 aliphatic rings. The summed E-state index contributed by atoms with van der Waals surface area (Å²) in [6, 6.07) is 7.89. The summed E-state index contributed by atoms with van der Waals surface area (Å²) in [6.07, 6.45) is 0. The Labute approximate surface area is 128 Å². The monoisotopic (exact) mass is 307 g/mol. The quantitative estimate of drug-likeness (QED) is 0.538. The van der Waals surface area contributed by atoms with Crippen LogP contribution < -0.4 is 16.0 Å². The normalized spacial score (nSPS) is 12.4. The number of hydrogen-bond acceptors (Lipinski definition) is 6. The number of rotatable bonds is 7. The Morgan fingerprint density at radius 2 is 2.24 bits per heavy atom. The minimum atomic E-state index is 0.213. The van der Waals surface area contributed by atoms with Crippen LogP contribution in [0.15, 0.2) is 24.3 Å². The Morgan fingerprint density at radius 1 is 1.43 bits per heavy atom. The number of nitrogens with zero attached hydrogens (tertiary/aromatic N) is 1. The van der Waals surface area contributed by atoms with E-state index in [0.29, 0.717) is 11.7 Å². The standard InChI is InChI=1S/C15H21N3O2S/c1-10(7-19)8-21-9-12-5-11-3-4-13(20-2)6-14(11)17-15(12)18-16/h3-6,10,19H,7-9,16H2,1-2H3,(H,17,18). The summed E-state index contributed by atoms with van der Waals surface area (Å²) < 4.78 is 5.21. The van der Waals surface area contributed by atoms with Gasteiger partial charge in [0.15, 0.2) is 0 Å². The van der Waals surface area contributed by atoms with Crippen LogP contribution in [0.3, 0.4) is 0 Å². The Kier molecular flexibility index (Phi) is 5.67. The first-order valence-corrected chi connectivity index (χ1v) is 7.96. The molecule has 1 heterocycles. The predicted molar refractivity (Wildman–Crippen MR) is 88.5 cm³/mol. The van der Waals surface area contributed by atoms with E-state index in [0.717, 1.165) is 33.7 Å². The molecule has 0 bridgehead atoms. The summed E-state index contributed by atoms with van der Waals surface area (Å²) >= 11 is 1.76. The molecule has 0 fully saturated rings. The zero-order chi connectivity index (χ0) is 15.2. The van der Waals surface area contributed by atoms with Crippen molar-refractivity contribution in [3.05, 3.63) is 29.8 Å². The fourth-order valence-corrected chi connectivity index (χ4v) is 3.04. The second kappa shape index (κ2) is 7.49. The number of benzene rings is 1. The van der Waals surface area contributed by atoms with Crippen molar-refractivity contribution in [1.82, 2.24) is 4.98 Å². The van der Waals surface area contributed by atoms with Crippen molar-refractivity contribution in [2.75, 3.05) is 24.9 Å². The number of hydrogen-bond donors (Lipinski definition) is 3. The lowest BCUT2D eigenvalue weighted by atomic mass is 10.1. The van der Waals surface area contributed by atoms with Crippen molar-refractivity contribution in [1.29, 1.82) is 0 Å². The number of aliphatic hydroxyl groups is 1. The maximum absolute atomic E-state index is 9.05. The van der Waals surface area contributed by atoms with Crippen molar-refractivity contribution >= 4 is 28.5 Å². The maximum atomic E-state index is 9.05. The largest absolute Gasteiger partial charge is 0.497 e. The van der Waals surface area contributed by atoms with Crippen LogP contribution in [0.4, 0.5) is 5.82 Å². The summed E-state index contributed by atoms with van der Waals surface area (Å²) in [5.74, 6) is 9.03. The average molecular weight is 307 g/mol. The third-order valence-electron chi connectivity index (χ3n) is 3.21. The molecule has 4 N–H and O–H groups in total. The second-order valence-corrected chi connectivity index (χ2v) is 6.03. The van der Waals surface area contributed by atoms with E-state index in [1.54, 1.807) is 18.9 Å². The van der Waals surface area contributed by atoms with Gasteiger partial charge in [-0.25, -0.2) is 10.8 Å². The number of aromatic nitrogens is 1. The number of aliphatic hydroxyl groups excluding tert-OH is 1. The van der Waals surface area contributed by atoms with Crippen molar-refractivity contribution < 1.29 is 9.84 Å². The molecule has 0 aliphatic carbocycles. The lowest BCUT2D eigenvalue weighted by Gasteiger charge is -2.12. The summed E-state index contributed by atoms with van der Waals surface area (Å²) in [5.41, 5.74) is 4.57. The molecule has 0 saturated carbocycles. The molecule has 114 valence electrons. The van der Waals surface area contributed by atoms with Crippen LogP contribution in [0.25, 0.3) is 10.9 Å². The van der Waals surface area contributed by atoms with E-state index in [9.17, 15) is 0 Å². The molecule has 1 aromatic carbocycles. The molecule has 0 saturated heterocycles. The van der Waals surface area contributed by atoms with Gasteiger partial charge >= 0.3 is 0 Å². The number of hydrazine groups is 1. The van der Waals surface area contributed by atoms with E-state index in [4.69, 9.17) is 15.7 Å². The number of ether oxygens (including phenoxy) is 1. The molecule has 2 aromatic rings. The van der Waals surface area contributed by atoms with Gasteiger partial charge in [0.2, 0.25) is 0 Å². The molecule has 1 atom stereocenters. The molecule has 5 nitrogen and oxygen atoms in total. The molecule has 0 spiro atoms. The zero-order valence-corrected chi connectivity index (χ0v) is 13.1. The number of anilines is 1. The van der Waals surface area contributed by atoms with E-state index in [-0.39, 0.29) is 6.61 Å². The number of nitrogens with two attached hydrogens (primary N) is 1. The van der Waals surface area contributed by atoms with Gasteiger partial charge in [0, 0.05) is 29.4 Å². The van der Waals surface area contributed by atoms with E-state index < -0.39 is 0 Å². The van der Waals surface area contributed by atoms with E-state index in [1.165, 1.54) is 0 Å². The topological polar surface area (TPSA) is 80.4 Å². The Hall–Kier alpha value is -1.50. The van der Waals surface area contributed by atoms with E-state index in [2.05, 4.69) is 16.5 Å². The minimum Gasteiger partial charge on any atom is -0.497 e. The highest BCUT2D eigenvalue weighted by Crippen LogP contribution is 2.27. The van der Waals surface area contributed by atoms with E-state index in [1.807, 2.05) is 25.1 Å². The van der Waals surface area contributed by atoms with Crippen LogP contribution >= 0.6 is 11.8 Å².